The Kier molecular flexibility index (Phi) is 4.57. The first-order chi connectivity index (χ1) is 12.8. The second kappa shape index (κ2) is 6.77. The summed E-state index contributed by atoms with van der Waals surface area (Å²) in [6.07, 6.45) is -0.182. The van der Waals surface area contributed by atoms with Gasteiger partial charge in [0.15, 0.2) is 11.5 Å². The first-order valence-corrected chi connectivity index (χ1v) is 9.37. The van der Waals surface area contributed by atoms with E-state index < -0.39 is 11.7 Å². The molecule has 0 aromatic carbocycles. The summed E-state index contributed by atoms with van der Waals surface area (Å²) < 4.78 is 42.0. The Hall–Kier alpha value is -2.17. The maximum Gasteiger partial charge on any atom is 0.417 e. The number of anilines is 1. The van der Waals surface area contributed by atoms with Gasteiger partial charge in [-0.1, -0.05) is 0 Å². The molecule has 3 aromatic rings. The number of hydrogen-bond acceptors (Lipinski definition) is 5. The summed E-state index contributed by atoms with van der Waals surface area (Å²) in [5.74, 6) is 1.98. The van der Waals surface area contributed by atoms with Crippen molar-refractivity contribution >= 4 is 27.5 Å². The van der Waals surface area contributed by atoms with Gasteiger partial charge in [-0.25, -0.2) is 9.50 Å². The summed E-state index contributed by atoms with van der Waals surface area (Å²) in [7, 11) is 1.84. The van der Waals surface area contributed by atoms with E-state index in [1.165, 1.54) is 0 Å². The van der Waals surface area contributed by atoms with Crippen molar-refractivity contribution in [1.82, 2.24) is 29.4 Å². The molecule has 144 valence electrons. The van der Waals surface area contributed by atoms with Crippen LogP contribution in [0.15, 0.2) is 16.7 Å². The molecule has 0 saturated carbocycles. The average Bonchev–Trinajstić information content (AvgIpc) is 3.31. The molecule has 4 rings (SSSR count). The van der Waals surface area contributed by atoms with E-state index in [1.807, 2.05) is 7.05 Å². The van der Waals surface area contributed by atoms with Crippen molar-refractivity contribution in [3.8, 4) is 0 Å². The summed E-state index contributed by atoms with van der Waals surface area (Å²) in [6, 6.07) is 1.01. The minimum absolute atomic E-state index is 0.256. The summed E-state index contributed by atoms with van der Waals surface area (Å²) in [4.78, 5) is 11.1. The number of nitrogens with zero attached hydrogens (tertiary/aromatic N) is 7. The van der Waals surface area contributed by atoms with Crippen LogP contribution in [0.3, 0.4) is 0 Å². The molecule has 1 aliphatic heterocycles. The number of aryl methyl sites for hydroxylation is 3. The van der Waals surface area contributed by atoms with Crippen LogP contribution in [0.25, 0.3) is 5.65 Å². The van der Waals surface area contributed by atoms with E-state index in [2.05, 4.69) is 41.0 Å². The van der Waals surface area contributed by atoms with Gasteiger partial charge in [-0.3, -0.25) is 4.68 Å². The van der Waals surface area contributed by atoms with E-state index in [1.54, 1.807) is 4.68 Å². The molecule has 0 atom stereocenters. The fourth-order valence-corrected chi connectivity index (χ4v) is 3.66. The highest BCUT2D eigenvalue weighted by molar-refractivity contribution is 9.10. The minimum atomic E-state index is -4.44. The monoisotopic (exact) mass is 443 g/mol. The topological polar surface area (TPSA) is 64.1 Å². The zero-order valence-corrected chi connectivity index (χ0v) is 16.1. The molecule has 3 aromatic heterocycles. The van der Waals surface area contributed by atoms with Gasteiger partial charge in [0.2, 0.25) is 5.95 Å². The molecule has 27 heavy (non-hydrogen) atoms. The molecular weight excluding hydrogens is 427 g/mol. The van der Waals surface area contributed by atoms with E-state index in [0.29, 0.717) is 24.3 Å². The number of rotatable bonds is 4. The van der Waals surface area contributed by atoms with Gasteiger partial charge in [0.25, 0.3) is 0 Å². The first kappa shape index (κ1) is 18.2. The predicted molar refractivity (Wildman–Crippen MR) is 95.5 cm³/mol. The Morgan fingerprint density at radius 3 is 2.56 bits per heavy atom. The van der Waals surface area contributed by atoms with Crippen LogP contribution in [-0.2, 0) is 26.1 Å². The second-order valence-electron chi connectivity index (χ2n) is 6.52. The van der Waals surface area contributed by atoms with Crippen molar-refractivity contribution < 1.29 is 13.2 Å². The summed E-state index contributed by atoms with van der Waals surface area (Å²) in [6.45, 7) is 1.93. The maximum atomic E-state index is 12.9. The molecule has 0 radical (unpaired) electrons. The lowest BCUT2D eigenvalue weighted by molar-refractivity contribution is -0.138. The Labute approximate surface area is 161 Å². The third-order valence-electron chi connectivity index (χ3n) is 4.56. The van der Waals surface area contributed by atoms with Crippen LogP contribution in [0.4, 0.5) is 19.1 Å². The number of alkyl halides is 3. The van der Waals surface area contributed by atoms with E-state index in [-0.39, 0.29) is 4.47 Å². The number of hydrogen-bond donors (Lipinski definition) is 0. The molecule has 7 nitrogen and oxygen atoms in total. The van der Waals surface area contributed by atoms with Gasteiger partial charge in [0.05, 0.1) is 10.0 Å². The van der Waals surface area contributed by atoms with Crippen molar-refractivity contribution in [3.05, 3.63) is 33.9 Å². The highest BCUT2D eigenvalue weighted by Crippen LogP contribution is 2.32. The lowest BCUT2D eigenvalue weighted by Gasteiger charge is -2.10. The number of fused-ring (bicyclic) bond motifs is 1. The van der Waals surface area contributed by atoms with Crippen LogP contribution in [0, 0.1) is 0 Å². The molecular formula is C16H17BrF3N7. The van der Waals surface area contributed by atoms with Gasteiger partial charge in [0.1, 0.15) is 5.82 Å². The highest BCUT2D eigenvalue weighted by atomic mass is 79.9. The van der Waals surface area contributed by atoms with E-state index in [9.17, 15) is 13.2 Å². The first-order valence-electron chi connectivity index (χ1n) is 8.58. The van der Waals surface area contributed by atoms with Crippen molar-refractivity contribution in [2.75, 3.05) is 18.0 Å². The molecule has 0 bridgehead atoms. The van der Waals surface area contributed by atoms with Crippen LogP contribution in [0.5, 0.6) is 0 Å². The number of halogens is 4. The van der Waals surface area contributed by atoms with Gasteiger partial charge in [-0.05, 0) is 34.8 Å². The molecule has 0 spiro atoms. The maximum absolute atomic E-state index is 12.9. The number of pyridine rings is 1. The van der Waals surface area contributed by atoms with Gasteiger partial charge < -0.3 is 4.90 Å². The average molecular weight is 444 g/mol. The van der Waals surface area contributed by atoms with Crippen molar-refractivity contribution in [1.29, 1.82) is 0 Å². The minimum Gasteiger partial charge on any atom is -0.340 e. The quantitative estimate of drug-likeness (QED) is 0.619. The third kappa shape index (κ3) is 3.64. The van der Waals surface area contributed by atoms with Crippen LogP contribution >= 0.6 is 15.9 Å². The Morgan fingerprint density at radius 1 is 1.11 bits per heavy atom. The zero-order chi connectivity index (χ0) is 19.2. The summed E-state index contributed by atoms with van der Waals surface area (Å²) >= 11 is 3.15. The van der Waals surface area contributed by atoms with E-state index in [4.69, 9.17) is 0 Å². The van der Waals surface area contributed by atoms with Gasteiger partial charge in [-0.15, -0.1) is 5.10 Å². The van der Waals surface area contributed by atoms with Gasteiger partial charge in [0, 0.05) is 39.2 Å². The SMILES string of the molecule is Cn1nc(N2CCCC2)nc1CCc1nc2c(Br)cc(C(F)(F)F)cn2n1. The Bertz CT molecular complexity index is 972. The van der Waals surface area contributed by atoms with Crippen molar-refractivity contribution in [2.24, 2.45) is 7.05 Å². The number of aromatic nitrogens is 6. The van der Waals surface area contributed by atoms with Crippen LogP contribution in [0.1, 0.15) is 30.1 Å². The highest BCUT2D eigenvalue weighted by Gasteiger charge is 2.32. The standard InChI is InChI=1S/C16H17BrF3N7/c1-25-13(22-15(24-25)26-6-2-3-7-26)5-4-12-21-14-11(17)8-10(16(18,19)20)9-27(14)23-12/h8-9H,2-7H2,1H3. The summed E-state index contributed by atoms with van der Waals surface area (Å²) in [5.41, 5.74) is -0.421. The molecule has 1 saturated heterocycles. The fraction of sp³-hybridized carbons (Fsp3) is 0.500. The Morgan fingerprint density at radius 2 is 1.85 bits per heavy atom. The fourth-order valence-electron chi connectivity index (χ4n) is 3.15. The summed E-state index contributed by atoms with van der Waals surface area (Å²) in [5, 5.41) is 8.64. The van der Waals surface area contributed by atoms with E-state index >= 15 is 0 Å². The molecule has 1 aliphatic rings. The van der Waals surface area contributed by atoms with Crippen LogP contribution in [-0.4, -0.2) is 42.5 Å². The Balaban J connectivity index is 1.53. The molecule has 1 fully saturated rings. The van der Waals surface area contributed by atoms with E-state index in [0.717, 1.165) is 54.5 Å². The predicted octanol–water partition coefficient (Wildman–Crippen LogP) is 3.02. The molecule has 11 heteroatoms. The van der Waals surface area contributed by atoms with Crippen LogP contribution in [0.2, 0.25) is 0 Å². The largest absolute Gasteiger partial charge is 0.417 e. The van der Waals surface area contributed by atoms with Gasteiger partial charge >= 0.3 is 6.18 Å². The lowest BCUT2D eigenvalue weighted by Crippen LogP contribution is -2.19. The molecule has 0 aliphatic carbocycles. The third-order valence-corrected chi connectivity index (χ3v) is 5.15. The van der Waals surface area contributed by atoms with Crippen LogP contribution < -0.4 is 4.90 Å². The van der Waals surface area contributed by atoms with Gasteiger partial charge in [-0.2, -0.15) is 23.3 Å². The molecule has 0 N–H and O–H groups in total. The molecule has 0 unspecified atom stereocenters. The van der Waals surface area contributed by atoms with Crippen molar-refractivity contribution in [3.63, 3.8) is 0 Å². The normalized spacial score (nSPS) is 15.2. The lowest BCUT2D eigenvalue weighted by atomic mass is 10.3. The molecule has 0 amide bonds. The zero-order valence-electron chi connectivity index (χ0n) is 14.5. The second-order valence-corrected chi connectivity index (χ2v) is 7.37. The van der Waals surface area contributed by atoms with Crippen molar-refractivity contribution in [2.45, 2.75) is 31.9 Å². The molecule has 4 heterocycles. The smallest absolute Gasteiger partial charge is 0.340 e.